The van der Waals surface area contributed by atoms with Crippen LogP contribution in [0.4, 0.5) is 0 Å². The van der Waals surface area contributed by atoms with Gasteiger partial charge in [0, 0.05) is 32.7 Å². The molecule has 1 aromatic heterocycles. The number of carbonyl (C=O) groups is 2. The standard InChI is InChI=1S/C19H22N2O3S/c1-14(22)17-7-8-18(25-17)19(23)21-11-9-20(10-12-21)13-15-3-5-16(24-2)6-4-15/h3-8H,9-13H2,1-2H3. The van der Waals surface area contributed by atoms with E-state index in [4.69, 9.17) is 4.74 Å². The lowest BCUT2D eigenvalue weighted by molar-refractivity contribution is 0.0633. The minimum Gasteiger partial charge on any atom is -0.497 e. The molecule has 1 aliphatic heterocycles. The zero-order valence-corrected chi connectivity index (χ0v) is 15.3. The molecule has 2 heterocycles. The first-order chi connectivity index (χ1) is 12.1. The summed E-state index contributed by atoms with van der Waals surface area (Å²) >= 11 is 1.28. The minimum atomic E-state index is 0.00774. The van der Waals surface area contributed by atoms with E-state index in [9.17, 15) is 9.59 Å². The maximum absolute atomic E-state index is 12.6. The molecule has 1 amide bonds. The van der Waals surface area contributed by atoms with E-state index in [1.807, 2.05) is 17.0 Å². The molecule has 0 atom stereocenters. The molecule has 0 aliphatic carbocycles. The summed E-state index contributed by atoms with van der Waals surface area (Å²) in [4.78, 5) is 29.5. The van der Waals surface area contributed by atoms with E-state index < -0.39 is 0 Å². The quantitative estimate of drug-likeness (QED) is 0.771. The van der Waals surface area contributed by atoms with Gasteiger partial charge in [-0.1, -0.05) is 12.1 Å². The Morgan fingerprint density at radius 1 is 1.00 bits per heavy atom. The van der Waals surface area contributed by atoms with Crippen molar-refractivity contribution < 1.29 is 14.3 Å². The maximum atomic E-state index is 12.6. The number of methoxy groups -OCH3 is 1. The molecule has 6 heteroatoms. The van der Waals surface area contributed by atoms with Crippen molar-refractivity contribution in [3.05, 3.63) is 51.7 Å². The van der Waals surface area contributed by atoms with Crippen LogP contribution in [0.15, 0.2) is 36.4 Å². The topological polar surface area (TPSA) is 49.9 Å². The number of Topliss-reactive ketones (excluding diaryl/α,β-unsaturated/α-hetero) is 1. The van der Waals surface area contributed by atoms with Gasteiger partial charge in [-0.15, -0.1) is 11.3 Å². The first-order valence-electron chi connectivity index (χ1n) is 8.32. The fourth-order valence-electron chi connectivity index (χ4n) is 2.90. The van der Waals surface area contributed by atoms with Gasteiger partial charge in [0.15, 0.2) is 5.78 Å². The van der Waals surface area contributed by atoms with Crippen LogP contribution in [0.5, 0.6) is 5.75 Å². The summed E-state index contributed by atoms with van der Waals surface area (Å²) < 4.78 is 5.18. The number of carbonyl (C=O) groups excluding carboxylic acids is 2. The Labute approximate surface area is 151 Å². The molecule has 0 radical (unpaired) electrons. The van der Waals surface area contributed by atoms with Gasteiger partial charge in [-0.25, -0.2) is 0 Å². The monoisotopic (exact) mass is 358 g/mol. The van der Waals surface area contributed by atoms with Crippen molar-refractivity contribution in [3.63, 3.8) is 0 Å². The number of ketones is 1. The van der Waals surface area contributed by atoms with Crippen molar-refractivity contribution in [2.45, 2.75) is 13.5 Å². The Kier molecular flexibility index (Phi) is 5.50. The van der Waals surface area contributed by atoms with Gasteiger partial charge >= 0.3 is 0 Å². The molecule has 132 valence electrons. The molecule has 1 fully saturated rings. The molecule has 1 aliphatic rings. The van der Waals surface area contributed by atoms with Gasteiger partial charge in [0.05, 0.1) is 16.9 Å². The lowest BCUT2D eigenvalue weighted by Crippen LogP contribution is -2.48. The van der Waals surface area contributed by atoms with Crippen molar-refractivity contribution >= 4 is 23.0 Å². The molecule has 0 bridgehead atoms. The fourth-order valence-corrected chi connectivity index (χ4v) is 3.77. The third-order valence-electron chi connectivity index (χ3n) is 4.39. The highest BCUT2D eigenvalue weighted by Crippen LogP contribution is 2.20. The summed E-state index contributed by atoms with van der Waals surface area (Å²) in [6.07, 6.45) is 0. The predicted molar refractivity (Wildman–Crippen MR) is 98.5 cm³/mol. The molecule has 5 nitrogen and oxygen atoms in total. The van der Waals surface area contributed by atoms with Crippen LogP contribution in [-0.2, 0) is 6.54 Å². The van der Waals surface area contributed by atoms with Crippen LogP contribution in [0.2, 0.25) is 0 Å². The fraction of sp³-hybridized carbons (Fsp3) is 0.368. The van der Waals surface area contributed by atoms with Crippen molar-refractivity contribution in [2.75, 3.05) is 33.3 Å². The molecule has 0 saturated carbocycles. The van der Waals surface area contributed by atoms with E-state index in [0.717, 1.165) is 25.4 Å². The normalized spacial score (nSPS) is 15.2. The second kappa shape index (κ2) is 7.80. The average Bonchev–Trinajstić information content (AvgIpc) is 3.13. The highest BCUT2D eigenvalue weighted by Gasteiger charge is 2.23. The van der Waals surface area contributed by atoms with Crippen LogP contribution >= 0.6 is 11.3 Å². The highest BCUT2D eigenvalue weighted by atomic mass is 32.1. The zero-order valence-electron chi connectivity index (χ0n) is 14.5. The van der Waals surface area contributed by atoms with Crippen molar-refractivity contribution in [1.82, 2.24) is 9.80 Å². The molecule has 2 aromatic rings. The first-order valence-corrected chi connectivity index (χ1v) is 9.14. The van der Waals surface area contributed by atoms with Crippen molar-refractivity contribution in [1.29, 1.82) is 0 Å². The van der Waals surface area contributed by atoms with Crippen molar-refractivity contribution in [3.8, 4) is 5.75 Å². The number of thiophene rings is 1. The number of amides is 1. The Morgan fingerprint density at radius 3 is 2.20 bits per heavy atom. The van der Waals surface area contributed by atoms with E-state index >= 15 is 0 Å². The van der Waals surface area contributed by atoms with Gasteiger partial charge in [-0.3, -0.25) is 14.5 Å². The minimum absolute atomic E-state index is 0.00774. The number of hydrogen-bond donors (Lipinski definition) is 0. The van der Waals surface area contributed by atoms with Gasteiger partial charge in [0.2, 0.25) is 0 Å². The summed E-state index contributed by atoms with van der Waals surface area (Å²) in [6.45, 7) is 5.52. The van der Waals surface area contributed by atoms with Gasteiger partial charge in [0.25, 0.3) is 5.91 Å². The second-order valence-electron chi connectivity index (χ2n) is 6.14. The summed E-state index contributed by atoms with van der Waals surface area (Å²) in [5.41, 5.74) is 1.24. The van der Waals surface area contributed by atoms with E-state index in [2.05, 4.69) is 17.0 Å². The van der Waals surface area contributed by atoms with E-state index in [-0.39, 0.29) is 11.7 Å². The number of piperazine rings is 1. The number of nitrogens with zero attached hydrogens (tertiary/aromatic N) is 2. The van der Waals surface area contributed by atoms with Gasteiger partial charge in [-0.2, -0.15) is 0 Å². The second-order valence-corrected chi connectivity index (χ2v) is 7.22. The third kappa shape index (κ3) is 4.27. The predicted octanol–water partition coefficient (Wildman–Crippen LogP) is 2.92. The Hall–Kier alpha value is -2.18. The van der Waals surface area contributed by atoms with Crippen LogP contribution in [0.25, 0.3) is 0 Å². The van der Waals surface area contributed by atoms with Gasteiger partial charge in [-0.05, 0) is 36.8 Å². The SMILES string of the molecule is COc1ccc(CN2CCN(C(=O)c3ccc(C(C)=O)s3)CC2)cc1. The van der Waals surface area contributed by atoms with Crippen LogP contribution in [0.1, 0.15) is 31.8 Å². The van der Waals surface area contributed by atoms with Crippen LogP contribution < -0.4 is 4.74 Å². The van der Waals surface area contributed by atoms with E-state index in [1.165, 1.54) is 23.8 Å². The average molecular weight is 358 g/mol. The van der Waals surface area contributed by atoms with E-state index in [0.29, 0.717) is 22.8 Å². The molecule has 3 rings (SSSR count). The number of rotatable bonds is 5. The maximum Gasteiger partial charge on any atom is 0.264 e. The van der Waals surface area contributed by atoms with Crippen LogP contribution in [-0.4, -0.2) is 54.8 Å². The Morgan fingerprint density at radius 2 is 1.64 bits per heavy atom. The number of hydrogen-bond acceptors (Lipinski definition) is 5. The Bertz CT molecular complexity index is 746. The third-order valence-corrected chi connectivity index (χ3v) is 5.56. The molecule has 1 aromatic carbocycles. The smallest absolute Gasteiger partial charge is 0.264 e. The molecule has 25 heavy (non-hydrogen) atoms. The molecule has 0 N–H and O–H groups in total. The van der Waals surface area contributed by atoms with Crippen LogP contribution in [0.3, 0.4) is 0 Å². The van der Waals surface area contributed by atoms with Crippen molar-refractivity contribution in [2.24, 2.45) is 0 Å². The molecule has 0 spiro atoms. The molecular formula is C19H22N2O3S. The largest absolute Gasteiger partial charge is 0.497 e. The first kappa shape index (κ1) is 17.6. The molecular weight excluding hydrogens is 336 g/mol. The van der Waals surface area contributed by atoms with Gasteiger partial charge < -0.3 is 9.64 Å². The van der Waals surface area contributed by atoms with Gasteiger partial charge in [0.1, 0.15) is 5.75 Å². The summed E-state index contributed by atoms with van der Waals surface area (Å²) in [7, 11) is 1.66. The summed E-state index contributed by atoms with van der Waals surface area (Å²) in [5, 5.41) is 0. The summed E-state index contributed by atoms with van der Waals surface area (Å²) in [6, 6.07) is 11.6. The highest BCUT2D eigenvalue weighted by molar-refractivity contribution is 7.15. The van der Waals surface area contributed by atoms with E-state index in [1.54, 1.807) is 19.2 Å². The number of ether oxygens (including phenoxy) is 1. The summed E-state index contributed by atoms with van der Waals surface area (Å²) in [5.74, 6) is 0.898. The molecule has 1 saturated heterocycles. The lowest BCUT2D eigenvalue weighted by Gasteiger charge is -2.34. The molecule has 0 unspecified atom stereocenters. The zero-order chi connectivity index (χ0) is 17.8. The van der Waals surface area contributed by atoms with Crippen LogP contribution in [0, 0.1) is 0 Å². The lowest BCUT2D eigenvalue weighted by atomic mass is 10.2. The number of benzene rings is 1. The Balaban J connectivity index is 1.53.